The molecule has 2 rings (SSSR count). The highest BCUT2D eigenvalue weighted by Crippen LogP contribution is 2.16. The molecule has 0 aliphatic heterocycles. The van der Waals surface area contributed by atoms with E-state index in [0.29, 0.717) is 6.54 Å². The molecule has 0 aliphatic carbocycles. The molecular weight excluding hydrogens is 234 g/mol. The molecule has 2 nitrogen and oxygen atoms in total. The van der Waals surface area contributed by atoms with Crippen LogP contribution in [0.3, 0.4) is 0 Å². The van der Waals surface area contributed by atoms with Gasteiger partial charge in [-0.3, -0.25) is 0 Å². The molecule has 0 atom stereocenters. The van der Waals surface area contributed by atoms with Crippen LogP contribution in [-0.2, 0) is 6.54 Å². The highest BCUT2D eigenvalue weighted by molar-refractivity contribution is 5.82. The molecular formula is C17H23NO. The van der Waals surface area contributed by atoms with Crippen LogP contribution in [0.5, 0.6) is 0 Å². The van der Waals surface area contributed by atoms with Crippen molar-refractivity contribution in [3.05, 3.63) is 48.0 Å². The summed E-state index contributed by atoms with van der Waals surface area (Å²) in [5, 5.41) is 16.1. The van der Waals surface area contributed by atoms with Crippen molar-refractivity contribution in [2.24, 2.45) is 0 Å². The first kappa shape index (κ1) is 14.0. The van der Waals surface area contributed by atoms with E-state index in [9.17, 15) is 5.11 Å². The van der Waals surface area contributed by atoms with E-state index in [0.717, 1.165) is 19.4 Å². The minimum Gasteiger partial charge on any atom is -0.389 e. The van der Waals surface area contributed by atoms with Gasteiger partial charge in [0.2, 0.25) is 0 Å². The van der Waals surface area contributed by atoms with Crippen LogP contribution in [0, 0.1) is 0 Å². The third kappa shape index (κ3) is 3.55. The lowest BCUT2D eigenvalue weighted by atomic mass is 9.97. The minimum atomic E-state index is -0.573. The largest absolute Gasteiger partial charge is 0.389 e. The standard InChI is InChI=1S/C17H23NO/c1-3-17(19,4-2)13-18-12-14-9-10-15-7-5-6-8-16(15)11-14/h5-11,18-19H,3-4,12-13H2,1-2H3. The van der Waals surface area contributed by atoms with E-state index in [2.05, 4.69) is 47.8 Å². The average molecular weight is 257 g/mol. The van der Waals surface area contributed by atoms with E-state index in [1.54, 1.807) is 0 Å². The van der Waals surface area contributed by atoms with E-state index in [-0.39, 0.29) is 0 Å². The third-order valence-corrected chi connectivity index (χ3v) is 3.91. The fourth-order valence-electron chi connectivity index (χ4n) is 2.29. The van der Waals surface area contributed by atoms with E-state index in [4.69, 9.17) is 0 Å². The van der Waals surface area contributed by atoms with Gasteiger partial charge >= 0.3 is 0 Å². The van der Waals surface area contributed by atoms with Crippen LogP contribution >= 0.6 is 0 Å². The molecule has 0 bridgehead atoms. The molecule has 2 aromatic carbocycles. The van der Waals surface area contributed by atoms with Gasteiger partial charge in [0.05, 0.1) is 5.60 Å². The summed E-state index contributed by atoms with van der Waals surface area (Å²) in [6.07, 6.45) is 1.57. The highest BCUT2D eigenvalue weighted by Gasteiger charge is 2.20. The lowest BCUT2D eigenvalue weighted by Gasteiger charge is -2.25. The van der Waals surface area contributed by atoms with Crippen molar-refractivity contribution in [3.63, 3.8) is 0 Å². The van der Waals surface area contributed by atoms with Gasteiger partial charge in [0.25, 0.3) is 0 Å². The highest BCUT2D eigenvalue weighted by atomic mass is 16.3. The van der Waals surface area contributed by atoms with E-state index >= 15 is 0 Å². The number of rotatable bonds is 6. The van der Waals surface area contributed by atoms with Crippen LogP contribution in [0.1, 0.15) is 32.3 Å². The second-order valence-electron chi connectivity index (χ2n) is 5.22. The Bertz CT molecular complexity index is 532. The molecule has 0 heterocycles. The number of hydrogen-bond donors (Lipinski definition) is 2. The molecule has 0 fully saturated rings. The van der Waals surface area contributed by atoms with Gasteiger partial charge in [-0.15, -0.1) is 0 Å². The van der Waals surface area contributed by atoms with Crippen LogP contribution in [0.4, 0.5) is 0 Å². The summed E-state index contributed by atoms with van der Waals surface area (Å²) in [6, 6.07) is 14.9. The predicted molar refractivity (Wildman–Crippen MR) is 81.2 cm³/mol. The summed E-state index contributed by atoms with van der Waals surface area (Å²) in [7, 11) is 0. The molecule has 0 spiro atoms. The molecule has 102 valence electrons. The van der Waals surface area contributed by atoms with E-state index in [1.165, 1.54) is 16.3 Å². The van der Waals surface area contributed by atoms with Gasteiger partial charge in [0.1, 0.15) is 0 Å². The van der Waals surface area contributed by atoms with Crippen LogP contribution < -0.4 is 5.32 Å². The predicted octanol–water partition coefficient (Wildman–Crippen LogP) is 3.48. The molecule has 0 saturated heterocycles. The van der Waals surface area contributed by atoms with Crippen molar-refractivity contribution in [2.45, 2.75) is 38.8 Å². The van der Waals surface area contributed by atoms with Crippen molar-refractivity contribution in [3.8, 4) is 0 Å². The molecule has 0 aliphatic rings. The summed E-state index contributed by atoms with van der Waals surface area (Å²) in [6.45, 7) is 5.50. The second kappa shape index (κ2) is 6.18. The number of nitrogens with one attached hydrogen (secondary N) is 1. The van der Waals surface area contributed by atoms with Gasteiger partial charge in [-0.2, -0.15) is 0 Å². The van der Waals surface area contributed by atoms with Gasteiger partial charge in [-0.1, -0.05) is 50.2 Å². The van der Waals surface area contributed by atoms with Crippen LogP contribution in [0.25, 0.3) is 10.8 Å². The van der Waals surface area contributed by atoms with Crippen molar-refractivity contribution in [2.75, 3.05) is 6.54 Å². The monoisotopic (exact) mass is 257 g/mol. The minimum absolute atomic E-state index is 0.573. The Kier molecular flexibility index (Phi) is 4.56. The first-order valence-corrected chi connectivity index (χ1v) is 7.07. The van der Waals surface area contributed by atoms with E-state index in [1.807, 2.05) is 13.8 Å². The van der Waals surface area contributed by atoms with Gasteiger partial charge in [0, 0.05) is 13.1 Å². The Balaban J connectivity index is 1.98. The average Bonchev–Trinajstić information content (AvgIpc) is 2.47. The van der Waals surface area contributed by atoms with Crippen LogP contribution in [0.15, 0.2) is 42.5 Å². The van der Waals surface area contributed by atoms with Crippen LogP contribution in [0.2, 0.25) is 0 Å². The van der Waals surface area contributed by atoms with Crippen molar-refractivity contribution >= 4 is 10.8 Å². The van der Waals surface area contributed by atoms with Gasteiger partial charge < -0.3 is 10.4 Å². The Morgan fingerprint density at radius 1 is 1.00 bits per heavy atom. The van der Waals surface area contributed by atoms with Crippen LogP contribution in [-0.4, -0.2) is 17.3 Å². The number of hydrogen-bond acceptors (Lipinski definition) is 2. The fraction of sp³-hybridized carbons (Fsp3) is 0.412. The Hall–Kier alpha value is -1.38. The maximum absolute atomic E-state index is 10.2. The number of aliphatic hydroxyl groups is 1. The Labute approximate surface area is 115 Å². The Morgan fingerprint density at radius 2 is 1.68 bits per heavy atom. The molecule has 2 aromatic rings. The normalized spacial score (nSPS) is 11.9. The van der Waals surface area contributed by atoms with Gasteiger partial charge in [-0.05, 0) is 35.2 Å². The smallest absolute Gasteiger partial charge is 0.0766 e. The van der Waals surface area contributed by atoms with Crippen molar-refractivity contribution < 1.29 is 5.11 Å². The summed E-state index contributed by atoms with van der Waals surface area (Å²) >= 11 is 0. The number of benzene rings is 2. The maximum atomic E-state index is 10.2. The summed E-state index contributed by atoms with van der Waals surface area (Å²) < 4.78 is 0. The maximum Gasteiger partial charge on any atom is 0.0766 e. The fourth-order valence-corrected chi connectivity index (χ4v) is 2.29. The zero-order chi connectivity index (χ0) is 13.7. The molecule has 0 aromatic heterocycles. The van der Waals surface area contributed by atoms with Crippen molar-refractivity contribution in [1.82, 2.24) is 5.32 Å². The quantitative estimate of drug-likeness (QED) is 0.830. The molecule has 0 amide bonds. The first-order valence-electron chi connectivity index (χ1n) is 7.07. The van der Waals surface area contributed by atoms with Crippen molar-refractivity contribution in [1.29, 1.82) is 0 Å². The first-order chi connectivity index (χ1) is 9.17. The topological polar surface area (TPSA) is 32.3 Å². The number of fused-ring (bicyclic) bond motifs is 1. The van der Waals surface area contributed by atoms with E-state index < -0.39 is 5.60 Å². The third-order valence-electron chi connectivity index (χ3n) is 3.91. The molecule has 19 heavy (non-hydrogen) atoms. The molecule has 0 saturated carbocycles. The van der Waals surface area contributed by atoms with Gasteiger partial charge in [-0.25, -0.2) is 0 Å². The molecule has 0 unspecified atom stereocenters. The zero-order valence-corrected chi connectivity index (χ0v) is 11.8. The Morgan fingerprint density at radius 3 is 2.37 bits per heavy atom. The molecule has 2 N–H and O–H groups in total. The van der Waals surface area contributed by atoms with Gasteiger partial charge in [0.15, 0.2) is 0 Å². The zero-order valence-electron chi connectivity index (χ0n) is 11.8. The summed E-state index contributed by atoms with van der Waals surface area (Å²) in [5.74, 6) is 0. The lowest BCUT2D eigenvalue weighted by Crippen LogP contribution is -2.39. The summed E-state index contributed by atoms with van der Waals surface area (Å²) in [4.78, 5) is 0. The summed E-state index contributed by atoms with van der Waals surface area (Å²) in [5.41, 5.74) is 0.685. The molecule has 2 heteroatoms. The SMILES string of the molecule is CCC(O)(CC)CNCc1ccc2ccccc2c1. The molecule has 0 radical (unpaired) electrons. The second-order valence-corrected chi connectivity index (χ2v) is 5.22. The lowest BCUT2D eigenvalue weighted by molar-refractivity contribution is 0.0323.